The first-order chi connectivity index (χ1) is 10.5. The highest BCUT2D eigenvalue weighted by atomic mass is 19.4. The molecule has 0 aliphatic heterocycles. The number of rotatable bonds is 4. The van der Waals surface area contributed by atoms with Crippen molar-refractivity contribution in [3.8, 4) is 0 Å². The Bertz CT molecular complexity index is 556. The fourth-order valence-electron chi connectivity index (χ4n) is 0.857. The molecule has 0 aromatic heterocycles. The first kappa shape index (κ1) is 23.2. The number of hydrogen-bond acceptors (Lipinski definition) is 2. The van der Waals surface area contributed by atoms with Gasteiger partial charge in [-0.05, 0) is 0 Å². The lowest BCUT2D eigenvalue weighted by molar-refractivity contribution is -0.358. The Kier molecular flexibility index (Phi) is 5.43. The van der Waals surface area contributed by atoms with E-state index < -0.39 is 47.8 Å². The topological polar surface area (TPSA) is 52.5 Å². The highest BCUT2D eigenvalue weighted by Crippen LogP contribution is 2.48. The fourth-order valence-corrected chi connectivity index (χ4v) is 0.857. The summed E-state index contributed by atoms with van der Waals surface area (Å²) in [7, 11) is 0. The molecule has 17 heteroatoms. The number of nitrogens with zero attached hydrogens (tertiary/aromatic N) is 1. The summed E-state index contributed by atoms with van der Waals surface area (Å²) >= 11 is 0. The summed E-state index contributed by atoms with van der Waals surface area (Å²) in [4.78, 5) is 11.1. The van der Waals surface area contributed by atoms with Crippen LogP contribution in [-0.2, 0) is 4.79 Å². The highest BCUT2D eigenvalue weighted by molar-refractivity contribution is 5.97. The van der Waals surface area contributed by atoms with Crippen molar-refractivity contribution in [2.75, 3.05) is 0 Å². The molecule has 0 aliphatic carbocycles. The van der Waals surface area contributed by atoms with E-state index in [2.05, 4.69) is 0 Å². The molecule has 0 unspecified atom stereocenters. The van der Waals surface area contributed by atoms with Gasteiger partial charge in [0.05, 0.1) is 0 Å². The van der Waals surface area contributed by atoms with E-state index in [4.69, 9.17) is 0 Å². The van der Waals surface area contributed by atoms with Crippen LogP contribution in [0.5, 0.6) is 0 Å². The second-order valence-corrected chi connectivity index (χ2v) is 4.02. The minimum atomic E-state index is -7.30. The SMILES string of the molecule is O=C(N=C([O-])C(F)(F)C(F)(F)C(F)(F)F)C(F)(F)C(F)(F)C(F)(F)F. The number of alkyl halides is 14. The van der Waals surface area contributed by atoms with Crippen LogP contribution >= 0.6 is 0 Å². The smallest absolute Gasteiger partial charge is 0.460 e. The molecular weight excluding hydrogens is 408 g/mol. The Morgan fingerprint density at radius 2 is 0.880 bits per heavy atom. The van der Waals surface area contributed by atoms with Crippen molar-refractivity contribution in [2.45, 2.75) is 36.0 Å². The predicted octanol–water partition coefficient (Wildman–Crippen LogP) is 2.94. The molecule has 0 atom stereocenters. The van der Waals surface area contributed by atoms with Crippen LogP contribution in [0, 0.1) is 0 Å². The zero-order valence-corrected chi connectivity index (χ0v) is 10.6. The largest absolute Gasteiger partial charge is 0.857 e. The van der Waals surface area contributed by atoms with Crippen LogP contribution in [0.15, 0.2) is 4.99 Å². The summed E-state index contributed by atoms with van der Waals surface area (Å²) in [6.07, 6.45) is -14.4. The lowest BCUT2D eigenvalue weighted by Crippen LogP contribution is -2.60. The Labute approximate surface area is 125 Å². The fraction of sp³-hybridized carbons (Fsp3) is 0.750. The van der Waals surface area contributed by atoms with Crippen LogP contribution in [0.25, 0.3) is 0 Å². The van der Waals surface area contributed by atoms with Crippen molar-refractivity contribution in [1.82, 2.24) is 0 Å². The minimum absolute atomic E-state index is 0.642. The molecule has 0 spiro atoms. The quantitative estimate of drug-likeness (QED) is 0.408. The molecule has 0 aliphatic rings. The first-order valence-electron chi connectivity index (χ1n) is 5.00. The van der Waals surface area contributed by atoms with Crippen LogP contribution in [0.1, 0.15) is 0 Å². The zero-order valence-electron chi connectivity index (χ0n) is 10.6. The maximum Gasteiger partial charge on any atom is 0.460 e. The maximum absolute atomic E-state index is 12.6. The standard InChI is InChI=1S/C8HF14NO2/c9-3(10,5(13,14)7(17,18)19)1(24)23-2(25)4(11,12)6(15,16)8(20,21)22/h(H,23,24,25)/p-1. The van der Waals surface area contributed by atoms with Gasteiger partial charge in [-0.2, -0.15) is 61.5 Å². The Morgan fingerprint density at radius 3 is 1.16 bits per heavy atom. The zero-order chi connectivity index (χ0) is 20.9. The monoisotopic (exact) mass is 408 g/mol. The molecule has 0 saturated heterocycles. The Balaban J connectivity index is 6.02. The van der Waals surface area contributed by atoms with Crippen LogP contribution in [0.4, 0.5) is 61.5 Å². The number of halogens is 14. The normalized spacial score (nSPS) is 16.2. The third-order valence-electron chi connectivity index (χ3n) is 2.24. The molecule has 0 rings (SSSR count). The van der Waals surface area contributed by atoms with Gasteiger partial charge in [0, 0.05) is 5.90 Å². The third kappa shape index (κ3) is 3.58. The molecule has 25 heavy (non-hydrogen) atoms. The molecule has 3 nitrogen and oxygen atoms in total. The summed E-state index contributed by atoms with van der Waals surface area (Å²) in [6.45, 7) is 0. The second-order valence-electron chi connectivity index (χ2n) is 4.02. The Hall–Kier alpha value is -1.84. The van der Waals surface area contributed by atoms with E-state index in [0.717, 1.165) is 0 Å². The van der Waals surface area contributed by atoms with Gasteiger partial charge in [0.1, 0.15) is 0 Å². The predicted molar refractivity (Wildman–Crippen MR) is 44.3 cm³/mol. The van der Waals surface area contributed by atoms with E-state index in [1.165, 1.54) is 0 Å². The van der Waals surface area contributed by atoms with Gasteiger partial charge in [-0.1, -0.05) is 0 Å². The number of carbonyl (C=O) groups excluding carboxylic acids is 1. The van der Waals surface area contributed by atoms with Crippen molar-refractivity contribution in [1.29, 1.82) is 0 Å². The van der Waals surface area contributed by atoms with Gasteiger partial charge in [0.15, 0.2) is 0 Å². The molecule has 0 aromatic rings. The van der Waals surface area contributed by atoms with E-state index in [0.29, 0.717) is 4.99 Å². The van der Waals surface area contributed by atoms with Crippen LogP contribution < -0.4 is 5.11 Å². The van der Waals surface area contributed by atoms with Gasteiger partial charge in [0.2, 0.25) is 0 Å². The molecule has 1 amide bonds. The van der Waals surface area contributed by atoms with Gasteiger partial charge in [-0.25, -0.2) is 4.99 Å². The molecule has 0 fully saturated rings. The Morgan fingerprint density at radius 1 is 0.600 bits per heavy atom. The third-order valence-corrected chi connectivity index (χ3v) is 2.24. The van der Waals surface area contributed by atoms with Gasteiger partial charge in [-0.15, -0.1) is 0 Å². The van der Waals surface area contributed by atoms with E-state index in [1.807, 2.05) is 0 Å². The van der Waals surface area contributed by atoms with Crippen molar-refractivity contribution in [2.24, 2.45) is 4.99 Å². The molecule has 0 heterocycles. The minimum Gasteiger partial charge on any atom is -0.857 e. The van der Waals surface area contributed by atoms with Crippen molar-refractivity contribution in [3.63, 3.8) is 0 Å². The summed E-state index contributed by atoms with van der Waals surface area (Å²) in [6, 6.07) is 0. The molecule has 0 N–H and O–H groups in total. The van der Waals surface area contributed by atoms with Crippen molar-refractivity contribution < 1.29 is 71.4 Å². The lowest BCUT2D eigenvalue weighted by Gasteiger charge is -2.32. The maximum atomic E-state index is 12.6. The van der Waals surface area contributed by atoms with E-state index in [-0.39, 0.29) is 0 Å². The second kappa shape index (κ2) is 5.86. The van der Waals surface area contributed by atoms with Gasteiger partial charge >= 0.3 is 41.9 Å². The molecule has 0 bridgehead atoms. The molecule has 148 valence electrons. The van der Waals surface area contributed by atoms with Gasteiger partial charge in [0.25, 0.3) is 0 Å². The number of hydrogen-bond donors (Lipinski definition) is 0. The molecule has 0 radical (unpaired) electrons. The summed E-state index contributed by atoms with van der Waals surface area (Å²) in [5, 5.41) is 10.4. The van der Waals surface area contributed by atoms with E-state index in [9.17, 15) is 71.4 Å². The summed E-state index contributed by atoms with van der Waals surface area (Å²) < 4.78 is 170. The van der Waals surface area contributed by atoms with Crippen molar-refractivity contribution >= 4 is 11.8 Å². The van der Waals surface area contributed by atoms with Gasteiger partial charge < -0.3 is 5.11 Å². The number of amides is 1. The van der Waals surface area contributed by atoms with Crippen LogP contribution in [0.2, 0.25) is 0 Å². The summed E-state index contributed by atoms with van der Waals surface area (Å²) in [5.41, 5.74) is 0. The van der Waals surface area contributed by atoms with Crippen LogP contribution in [-0.4, -0.2) is 47.8 Å². The average molecular weight is 408 g/mol. The van der Waals surface area contributed by atoms with E-state index >= 15 is 0 Å². The average Bonchev–Trinajstić information content (AvgIpc) is 2.34. The highest BCUT2D eigenvalue weighted by Gasteiger charge is 2.77. The first-order valence-corrected chi connectivity index (χ1v) is 5.00. The number of aliphatic imine (C=N–C) groups is 1. The van der Waals surface area contributed by atoms with Crippen molar-refractivity contribution in [3.05, 3.63) is 0 Å². The molecule has 0 saturated carbocycles. The molecular formula is C8F14NO2-. The van der Waals surface area contributed by atoms with Gasteiger partial charge in [-0.3, -0.25) is 4.79 Å². The number of carbonyl (C=O) groups is 1. The summed E-state index contributed by atoms with van der Waals surface area (Å²) in [5.74, 6) is -37.3. The molecule has 0 aromatic carbocycles. The lowest BCUT2D eigenvalue weighted by atomic mass is 10.1. The van der Waals surface area contributed by atoms with Crippen LogP contribution in [0.3, 0.4) is 0 Å². The van der Waals surface area contributed by atoms with E-state index in [1.54, 1.807) is 0 Å².